The molecule has 0 radical (unpaired) electrons. The van der Waals surface area contributed by atoms with E-state index in [1.54, 1.807) is 24.4 Å². The predicted molar refractivity (Wildman–Crippen MR) is 88.0 cm³/mol. The summed E-state index contributed by atoms with van der Waals surface area (Å²) in [5, 5.41) is 14.4. The van der Waals surface area contributed by atoms with E-state index >= 15 is 0 Å². The van der Waals surface area contributed by atoms with Crippen LogP contribution < -0.4 is 10.2 Å². The van der Waals surface area contributed by atoms with Crippen molar-refractivity contribution < 1.29 is 14.6 Å². The molecule has 1 heterocycles. The normalized spacial score (nSPS) is 11.0. The van der Waals surface area contributed by atoms with Crippen LogP contribution in [0.15, 0.2) is 53.8 Å². The van der Waals surface area contributed by atoms with Crippen LogP contribution in [0.5, 0.6) is 11.5 Å². The number of H-pyrrole nitrogens is 1. The van der Waals surface area contributed by atoms with Crippen molar-refractivity contribution >= 4 is 23.0 Å². The molecular weight excluding hydrogens is 294 g/mol. The lowest BCUT2D eigenvalue weighted by Gasteiger charge is -2.04. The van der Waals surface area contributed by atoms with Gasteiger partial charge in [-0.15, -0.1) is 0 Å². The van der Waals surface area contributed by atoms with Crippen LogP contribution in [-0.2, 0) is 0 Å². The first kappa shape index (κ1) is 14.6. The lowest BCUT2D eigenvalue weighted by molar-refractivity contribution is 0.0956. The zero-order chi connectivity index (χ0) is 16.2. The van der Waals surface area contributed by atoms with Crippen molar-refractivity contribution in [1.29, 1.82) is 0 Å². The van der Waals surface area contributed by atoms with Crippen molar-refractivity contribution in [1.82, 2.24) is 10.4 Å². The number of para-hydroxylation sites is 1. The third-order valence-corrected chi connectivity index (χ3v) is 3.42. The predicted octanol–water partition coefficient (Wildman–Crippen LogP) is 2.65. The largest absolute Gasteiger partial charge is 0.504 e. The zero-order valence-corrected chi connectivity index (χ0v) is 12.4. The van der Waals surface area contributed by atoms with Gasteiger partial charge in [0.1, 0.15) is 0 Å². The summed E-state index contributed by atoms with van der Waals surface area (Å²) in [6, 6.07) is 12.2. The van der Waals surface area contributed by atoms with E-state index in [1.165, 1.54) is 19.4 Å². The Morgan fingerprint density at radius 2 is 2.17 bits per heavy atom. The first-order chi connectivity index (χ1) is 11.2. The minimum atomic E-state index is -0.306. The fourth-order valence-electron chi connectivity index (χ4n) is 2.27. The molecule has 0 spiro atoms. The molecule has 0 bridgehead atoms. The van der Waals surface area contributed by atoms with E-state index in [0.717, 1.165) is 10.9 Å². The van der Waals surface area contributed by atoms with E-state index in [4.69, 9.17) is 4.74 Å². The van der Waals surface area contributed by atoms with Gasteiger partial charge in [0.05, 0.1) is 24.4 Å². The topological polar surface area (TPSA) is 86.7 Å². The highest BCUT2D eigenvalue weighted by atomic mass is 16.5. The standard InChI is InChI=1S/C17H15N3O3/c1-23-15-9-11(5-6-14(15)21)10-19-20-17(22)13-4-2-3-12-7-8-18-16(12)13/h2-10,18,21H,1H3,(H,20,22)/b19-10+. The SMILES string of the molecule is COc1cc(/C=N/NC(=O)c2cccc3cc[nH]c23)ccc1O. The van der Waals surface area contributed by atoms with Crippen LogP contribution >= 0.6 is 0 Å². The molecule has 0 saturated heterocycles. The number of benzene rings is 2. The summed E-state index contributed by atoms with van der Waals surface area (Å²) in [6.07, 6.45) is 3.27. The molecule has 23 heavy (non-hydrogen) atoms. The lowest BCUT2D eigenvalue weighted by atomic mass is 10.1. The first-order valence-corrected chi connectivity index (χ1v) is 6.95. The van der Waals surface area contributed by atoms with Gasteiger partial charge in [-0.1, -0.05) is 12.1 Å². The number of rotatable bonds is 4. The number of carbonyl (C=O) groups is 1. The first-order valence-electron chi connectivity index (χ1n) is 6.95. The van der Waals surface area contributed by atoms with E-state index in [9.17, 15) is 9.90 Å². The number of phenols is 1. The molecule has 0 aliphatic carbocycles. The van der Waals surface area contributed by atoms with Crippen LogP contribution in [0.2, 0.25) is 0 Å². The molecule has 0 fully saturated rings. The van der Waals surface area contributed by atoms with Crippen molar-refractivity contribution in [3.05, 3.63) is 59.8 Å². The molecular formula is C17H15N3O3. The molecule has 0 unspecified atom stereocenters. The molecule has 3 N–H and O–H groups in total. The Bertz CT molecular complexity index is 884. The van der Waals surface area contributed by atoms with E-state index in [1.807, 2.05) is 18.2 Å². The van der Waals surface area contributed by atoms with Crippen LogP contribution in [0.4, 0.5) is 0 Å². The van der Waals surface area contributed by atoms with Crippen LogP contribution in [0.3, 0.4) is 0 Å². The Kier molecular flexibility index (Phi) is 3.97. The van der Waals surface area contributed by atoms with E-state index < -0.39 is 0 Å². The number of phenolic OH excluding ortho intramolecular Hbond substituents is 1. The number of aromatic nitrogens is 1. The van der Waals surface area contributed by atoms with E-state index in [2.05, 4.69) is 15.5 Å². The fraction of sp³-hybridized carbons (Fsp3) is 0.0588. The van der Waals surface area contributed by atoms with E-state index in [0.29, 0.717) is 16.9 Å². The summed E-state index contributed by atoms with van der Waals surface area (Å²) >= 11 is 0. The molecule has 0 aliphatic heterocycles. The van der Waals surface area contributed by atoms with Crippen molar-refractivity contribution in [3.63, 3.8) is 0 Å². The fourth-order valence-corrected chi connectivity index (χ4v) is 2.27. The second kappa shape index (κ2) is 6.23. The average molecular weight is 309 g/mol. The summed E-state index contributed by atoms with van der Waals surface area (Å²) in [5.41, 5.74) is 4.47. The van der Waals surface area contributed by atoms with Crippen molar-refractivity contribution in [2.24, 2.45) is 5.10 Å². The number of amides is 1. The molecule has 0 atom stereocenters. The molecule has 0 saturated carbocycles. The number of hydrogen-bond acceptors (Lipinski definition) is 4. The Morgan fingerprint density at radius 1 is 1.30 bits per heavy atom. The van der Waals surface area contributed by atoms with Crippen LogP contribution in [0, 0.1) is 0 Å². The molecule has 3 rings (SSSR count). The van der Waals surface area contributed by atoms with Gasteiger partial charge in [-0.05, 0) is 35.9 Å². The summed E-state index contributed by atoms with van der Waals surface area (Å²) < 4.78 is 5.02. The van der Waals surface area contributed by atoms with Gasteiger partial charge < -0.3 is 14.8 Å². The Balaban J connectivity index is 1.75. The minimum absolute atomic E-state index is 0.0482. The number of nitrogens with one attached hydrogen (secondary N) is 2. The summed E-state index contributed by atoms with van der Waals surface area (Å²) in [6.45, 7) is 0. The van der Waals surface area contributed by atoms with Gasteiger partial charge >= 0.3 is 0 Å². The summed E-state index contributed by atoms with van der Waals surface area (Å²) in [5.74, 6) is 0.0866. The third kappa shape index (κ3) is 3.01. The van der Waals surface area contributed by atoms with Gasteiger partial charge in [0.25, 0.3) is 5.91 Å². The molecule has 6 nitrogen and oxygen atoms in total. The number of ether oxygens (including phenoxy) is 1. The zero-order valence-electron chi connectivity index (χ0n) is 12.4. The van der Waals surface area contributed by atoms with Crippen molar-refractivity contribution in [3.8, 4) is 11.5 Å². The molecule has 1 amide bonds. The van der Waals surface area contributed by atoms with Crippen molar-refractivity contribution in [2.45, 2.75) is 0 Å². The molecule has 2 aromatic carbocycles. The van der Waals surface area contributed by atoms with Gasteiger partial charge in [-0.2, -0.15) is 5.10 Å². The highest BCUT2D eigenvalue weighted by Gasteiger charge is 2.09. The van der Waals surface area contributed by atoms with Crippen molar-refractivity contribution in [2.75, 3.05) is 7.11 Å². The third-order valence-electron chi connectivity index (χ3n) is 3.42. The van der Waals surface area contributed by atoms with Crippen LogP contribution in [0.1, 0.15) is 15.9 Å². The second-order valence-electron chi connectivity index (χ2n) is 4.88. The number of aromatic amines is 1. The Hall–Kier alpha value is -3.28. The number of carbonyl (C=O) groups excluding carboxylic acids is 1. The Labute approximate surface area is 132 Å². The minimum Gasteiger partial charge on any atom is -0.504 e. The van der Waals surface area contributed by atoms with Gasteiger partial charge in [0.15, 0.2) is 11.5 Å². The molecule has 6 heteroatoms. The van der Waals surface area contributed by atoms with E-state index in [-0.39, 0.29) is 11.7 Å². The monoisotopic (exact) mass is 309 g/mol. The Morgan fingerprint density at radius 3 is 3.00 bits per heavy atom. The highest BCUT2D eigenvalue weighted by molar-refractivity contribution is 6.05. The number of aromatic hydroxyl groups is 1. The van der Waals surface area contributed by atoms with Gasteiger partial charge in [-0.3, -0.25) is 4.79 Å². The average Bonchev–Trinajstić information content (AvgIpc) is 3.04. The van der Waals surface area contributed by atoms with Crippen LogP contribution in [-0.4, -0.2) is 29.3 Å². The van der Waals surface area contributed by atoms with Gasteiger partial charge in [-0.25, -0.2) is 5.43 Å². The smallest absolute Gasteiger partial charge is 0.273 e. The maximum Gasteiger partial charge on any atom is 0.273 e. The summed E-state index contributed by atoms with van der Waals surface area (Å²) in [7, 11) is 1.47. The number of hydrazone groups is 1. The lowest BCUT2D eigenvalue weighted by Crippen LogP contribution is -2.18. The molecule has 0 aliphatic rings. The maximum absolute atomic E-state index is 12.2. The quantitative estimate of drug-likeness (QED) is 0.511. The molecule has 3 aromatic rings. The second-order valence-corrected chi connectivity index (χ2v) is 4.88. The number of hydrogen-bond donors (Lipinski definition) is 3. The highest BCUT2D eigenvalue weighted by Crippen LogP contribution is 2.25. The van der Waals surface area contributed by atoms with Gasteiger partial charge in [0.2, 0.25) is 0 Å². The number of methoxy groups -OCH3 is 1. The maximum atomic E-state index is 12.2. The molecule has 116 valence electrons. The summed E-state index contributed by atoms with van der Waals surface area (Å²) in [4.78, 5) is 15.3. The number of nitrogens with zero attached hydrogens (tertiary/aromatic N) is 1. The van der Waals surface area contributed by atoms with Gasteiger partial charge in [0, 0.05) is 11.6 Å². The molecule has 1 aromatic heterocycles. The van der Waals surface area contributed by atoms with Crippen LogP contribution in [0.25, 0.3) is 10.9 Å². The number of fused-ring (bicyclic) bond motifs is 1.